The number of carbonyl (C=O) groups is 2. The number of nitrogens with one attached hydrogen (secondary N) is 1. The molecule has 2 aliphatic heterocycles. The lowest BCUT2D eigenvalue weighted by atomic mass is 9.76. The quantitative estimate of drug-likeness (QED) is 0.813. The van der Waals surface area contributed by atoms with Crippen LogP contribution in [0, 0.1) is 17.3 Å². The SMILES string of the molecule is CNC(=O)[C@H]1CCC[C@]12CCN(C(=O)[C@H]1CCOC1)C2. The molecule has 0 aromatic rings. The summed E-state index contributed by atoms with van der Waals surface area (Å²) < 4.78 is 5.32. The first-order valence-electron chi connectivity index (χ1n) is 7.74. The Hall–Kier alpha value is -1.10. The Morgan fingerprint density at radius 2 is 2.15 bits per heavy atom. The van der Waals surface area contributed by atoms with Crippen molar-refractivity contribution in [1.29, 1.82) is 0 Å². The van der Waals surface area contributed by atoms with Gasteiger partial charge in [-0.15, -0.1) is 0 Å². The van der Waals surface area contributed by atoms with Gasteiger partial charge in [-0.3, -0.25) is 9.59 Å². The number of rotatable bonds is 2. The second kappa shape index (κ2) is 5.35. The van der Waals surface area contributed by atoms with E-state index in [1.165, 1.54) is 0 Å². The molecule has 2 saturated heterocycles. The molecule has 3 aliphatic rings. The van der Waals surface area contributed by atoms with Crippen LogP contribution < -0.4 is 5.32 Å². The zero-order valence-corrected chi connectivity index (χ0v) is 12.2. The fraction of sp³-hybridized carbons (Fsp3) is 0.867. The summed E-state index contributed by atoms with van der Waals surface area (Å²) in [5, 5.41) is 2.79. The first-order chi connectivity index (χ1) is 9.66. The molecule has 0 bridgehead atoms. The molecule has 20 heavy (non-hydrogen) atoms. The van der Waals surface area contributed by atoms with Gasteiger partial charge in [0.15, 0.2) is 0 Å². The van der Waals surface area contributed by atoms with Gasteiger partial charge in [-0.05, 0) is 25.7 Å². The summed E-state index contributed by atoms with van der Waals surface area (Å²) in [6, 6.07) is 0. The lowest BCUT2D eigenvalue weighted by Gasteiger charge is -2.30. The smallest absolute Gasteiger partial charge is 0.228 e. The molecule has 1 N–H and O–H groups in total. The van der Waals surface area contributed by atoms with Crippen molar-refractivity contribution in [3.63, 3.8) is 0 Å². The van der Waals surface area contributed by atoms with Gasteiger partial charge in [0, 0.05) is 38.1 Å². The van der Waals surface area contributed by atoms with Crippen molar-refractivity contribution in [2.45, 2.75) is 32.1 Å². The Kier molecular flexibility index (Phi) is 3.71. The van der Waals surface area contributed by atoms with Gasteiger partial charge < -0.3 is 15.0 Å². The molecule has 3 atom stereocenters. The highest BCUT2D eigenvalue weighted by Crippen LogP contribution is 2.50. The Morgan fingerprint density at radius 1 is 1.30 bits per heavy atom. The molecular weight excluding hydrogens is 256 g/mol. The van der Waals surface area contributed by atoms with E-state index in [1.54, 1.807) is 7.05 Å². The van der Waals surface area contributed by atoms with E-state index in [2.05, 4.69) is 5.32 Å². The van der Waals surface area contributed by atoms with Crippen molar-refractivity contribution < 1.29 is 14.3 Å². The van der Waals surface area contributed by atoms with E-state index in [-0.39, 0.29) is 29.1 Å². The van der Waals surface area contributed by atoms with E-state index in [1.807, 2.05) is 4.90 Å². The fourth-order valence-electron chi connectivity index (χ4n) is 4.28. The maximum Gasteiger partial charge on any atom is 0.228 e. The van der Waals surface area contributed by atoms with Crippen molar-refractivity contribution in [3.05, 3.63) is 0 Å². The van der Waals surface area contributed by atoms with Crippen LogP contribution in [0.2, 0.25) is 0 Å². The number of carbonyl (C=O) groups excluding carboxylic acids is 2. The van der Waals surface area contributed by atoms with Gasteiger partial charge in [0.05, 0.1) is 12.5 Å². The summed E-state index contributed by atoms with van der Waals surface area (Å²) in [6.07, 6.45) is 4.97. The third kappa shape index (κ3) is 2.22. The van der Waals surface area contributed by atoms with E-state index in [9.17, 15) is 9.59 Å². The molecule has 0 unspecified atom stereocenters. The molecule has 1 spiro atoms. The summed E-state index contributed by atoms with van der Waals surface area (Å²) in [5.41, 5.74) is 0.0369. The summed E-state index contributed by atoms with van der Waals surface area (Å²) in [6.45, 7) is 2.85. The van der Waals surface area contributed by atoms with Crippen molar-refractivity contribution in [1.82, 2.24) is 10.2 Å². The van der Waals surface area contributed by atoms with Crippen LogP contribution >= 0.6 is 0 Å². The van der Waals surface area contributed by atoms with Crippen LogP contribution in [0.3, 0.4) is 0 Å². The maximum absolute atomic E-state index is 12.5. The maximum atomic E-state index is 12.5. The van der Waals surface area contributed by atoms with Crippen LogP contribution in [-0.2, 0) is 14.3 Å². The topological polar surface area (TPSA) is 58.6 Å². The minimum Gasteiger partial charge on any atom is -0.381 e. The highest BCUT2D eigenvalue weighted by Gasteiger charge is 2.51. The average Bonchev–Trinajstić information content (AvgIpc) is 3.19. The normalized spacial score (nSPS) is 36.8. The molecule has 2 amide bonds. The molecule has 2 heterocycles. The fourth-order valence-corrected chi connectivity index (χ4v) is 4.28. The Labute approximate surface area is 120 Å². The predicted octanol–water partition coefficient (Wildman–Crippen LogP) is 0.788. The van der Waals surface area contributed by atoms with Gasteiger partial charge in [-0.25, -0.2) is 0 Å². The van der Waals surface area contributed by atoms with Gasteiger partial charge in [0.1, 0.15) is 0 Å². The van der Waals surface area contributed by atoms with E-state index >= 15 is 0 Å². The summed E-state index contributed by atoms with van der Waals surface area (Å²) in [5.74, 6) is 0.526. The summed E-state index contributed by atoms with van der Waals surface area (Å²) >= 11 is 0. The standard InChI is InChI=1S/C15H24N2O3/c1-16-13(18)12-3-2-5-15(12)6-7-17(10-15)14(19)11-4-8-20-9-11/h11-12H,2-10H2,1H3,(H,16,18)/t11-,12+,15+/m0/s1. The first kappa shape index (κ1) is 13.9. The monoisotopic (exact) mass is 280 g/mol. The molecule has 3 fully saturated rings. The molecular formula is C15H24N2O3. The average molecular weight is 280 g/mol. The molecule has 5 heteroatoms. The number of hydrogen-bond acceptors (Lipinski definition) is 3. The molecule has 5 nitrogen and oxygen atoms in total. The molecule has 1 saturated carbocycles. The first-order valence-corrected chi connectivity index (χ1v) is 7.74. The number of hydrogen-bond donors (Lipinski definition) is 1. The number of nitrogens with zero attached hydrogens (tertiary/aromatic N) is 1. The number of amides is 2. The molecule has 3 rings (SSSR count). The number of ether oxygens (including phenoxy) is 1. The zero-order valence-electron chi connectivity index (χ0n) is 12.2. The Balaban J connectivity index is 1.68. The van der Waals surface area contributed by atoms with Gasteiger partial charge in [0.25, 0.3) is 0 Å². The predicted molar refractivity (Wildman–Crippen MR) is 74.0 cm³/mol. The third-order valence-electron chi connectivity index (χ3n) is 5.45. The highest BCUT2D eigenvalue weighted by molar-refractivity contribution is 5.81. The lowest BCUT2D eigenvalue weighted by Crippen LogP contribution is -2.41. The van der Waals surface area contributed by atoms with Crippen LogP contribution in [-0.4, -0.2) is 50.1 Å². The minimum absolute atomic E-state index is 0.0369. The van der Waals surface area contributed by atoms with Gasteiger partial charge in [0.2, 0.25) is 11.8 Å². The summed E-state index contributed by atoms with van der Waals surface area (Å²) in [4.78, 5) is 26.5. The van der Waals surface area contributed by atoms with Gasteiger partial charge >= 0.3 is 0 Å². The Morgan fingerprint density at radius 3 is 2.85 bits per heavy atom. The van der Waals surface area contributed by atoms with E-state index in [4.69, 9.17) is 4.74 Å². The second-order valence-electron chi connectivity index (χ2n) is 6.49. The highest BCUT2D eigenvalue weighted by atomic mass is 16.5. The zero-order chi connectivity index (χ0) is 14.2. The van der Waals surface area contributed by atoms with Crippen molar-refractivity contribution in [3.8, 4) is 0 Å². The second-order valence-corrected chi connectivity index (χ2v) is 6.49. The van der Waals surface area contributed by atoms with Crippen LogP contribution in [0.1, 0.15) is 32.1 Å². The van der Waals surface area contributed by atoms with E-state index < -0.39 is 0 Å². The lowest BCUT2D eigenvalue weighted by molar-refractivity contribution is -0.136. The van der Waals surface area contributed by atoms with Crippen LogP contribution in [0.5, 0.6) is 0 Å². The minimum atomic E-state index is 0.0369. The van der Waals surface area contributed by atoms with Crippen LogP contribution in [0.25, 0.3) is 0 Å². The molecule has 0 aromatic heterocycles. The molecule has 0 radical (unpaired) electrons. The molecule has 112 valence electrons. The summed E-state index contributed by atoms with van der Waals surface area (Å²) in [7, 11) is 1.71. The third-order valence-corrected chi connectivity index (χ3v) is 5.45. The van der Waals surface area contributed by atoms with E-state index in [0.29, 0.717) is 13.2 Å². The Bertz CT molecular complexity index is 406. The van der Waals surface area contributed by atoms with Crippen molar-refractivity contribution in [2.75, 3.05) is 33.4 Å². The molecule has 1 aliphatic carbocycles. The number of likely N-dealkylation sites (tertiary alicyclic amines) is 1. The van der Waals surface area contributed by atoms with Crippen LogP contribution in [0.15, 0.2) is 0 Å². The van der Waals surface area contributed by atoms with Gasteiger partial charge in [-0.1, -0.05) is 6.42 Å². The largest absolute Gasteiger partial charge is 0.381 e. The van der Waals surface area contributed by atoms with Gasteiger partial charge in [-0.2, -0.15) is 0 Å². The van der Waals surface area contributed by atoms with E-state index in [0.717, 1.165) is 45.2 Å². The van der Waals surface area contributed by atoms with Crippen molar-refractivity contribution in [2.24, 2.45) is 17.3 Å². The molecule has 0 aromatic carbocycles. The van der Waals surface area contributed by atoms with Crippen molar-refractivity contribution >= 4 is 11.8 Å². The van der Waals surface area contributed by atoms with Crippen LogP contribution in [0.4, 0.5) is 0 Å².